The zero-order valence-corrected chi connectivity index (χ0v) is 7.32. The summed E-state index contributed by atoms with van der Waals surface area (Å²) < 4.78 is 0. The van der Waals surface area contributed by atoms with Gasteiger partial charge in [-0.2, -0.15) is 12.6 Å². The molecule has 0 aliphatic heterocycles. The number of rotatable bonds is 3. The molecule has 0 saturated heterocycles. The van der Waals surface area contributed by atoms with Gasteiger partial charge in [-0.25, -0.2) is 0 Å². The maximum Gasteiger partial charge on any atom is 0.0428 e. The van der Waals surface area contributed by atoms with Gasteiger partial charge >= 0.3 is 0 Å². The first-order valence-electron chi connectivity index (χ1n) is 3.55. The number of aliphatic hydroxyl groups is 1. The third kappa shape index (κ3) is 65.0. The van der Waals surface area contributed by atoms with Crippen molar-refractivity contribution in [1.29, 1.82) is 0 Å². The Bertz CT molecular complexity index is 28.7. The van der Waals surface area contributed by atoms with Crippen LogP contribution in [0.25, 0.3) is 0 Å². The van der Waals surface area contributed by atoms with Crippen LogP contribution >= 0.6 is 12.6 Å². The second kappa shape index (κ2) is 31.7. The number of hydrogen-bond acceptors (Lipinski definition) is 2. The predicted octanol–water partition coefficient (Wildman–Crippen LogP) is 3.38. The molecular formula is C9H26OS. The predicted molar refractivity (Wildman–Crippen MR) is 59.6 cm³/mol. The molecule has 0 aliphatic carbocycles. The van der Waals surface area contributed by atoms with Gasteiger partial charge in [-0.15, -0.1) is 0 Å². The number of hydrogen-bond donors (Lipinski definition) is 2. The number of thiol groups is 1. The molecule has 2 heteroatoms. The van der Waals surface area contributed by atoms with Crippen molar-refractivity contribution in [1.82, 2.24) is 0 Å². The van der Waals surface area contributed by atoms with Gasteiger partial charge in [-0.3, -0.25) is 0 Å². The summed E-state index contributed by atoms with van der Waals surface area (Å²) >= 11 is 4.00. The van der Waals surface area contributed by atoms with Gasteiger partial charge in [0.25, 0.3) is 0 Å². The Labute approximate surface area is 78.6 Å². The van der Waals surface area contributed by atoms with Crippen molar-refractivity contribution in [3.05, 3.63) is 0 Å². The third-order valence-electron chi connectivity index (χ3n) is 0.735. The Hall–Kier alpha value is 0.310. The molecule has 0 rings (SSSR count). The van der Waals surface area contributed by atoms with Crippen molar-refractivity contribution >= 4 is 12.6 Å². The van der Waals surface area contributed by atoms with Gasteiger partial charge in [-0.1, -0.05) is 35.1 Å². The van der Waals surface area contributed by atoms with Crippen LogP contribution in [0.5, 0.6) is 0 Å². The van der Waals surface area contributed by atoms with Crippen LogP contribution in [-0.2, 0) is 0 Å². The average Bonchev–Trinajstić information content (AvgIpc) is 1.91. The van der Waals surface area contributed by atoms with E-state index in [4.69, 9.17) is 5.11 Å². The second-order valence-corrected chi connectivity index (χ2v) is 2.25. The summed E-state index contributed by atoms with van der Waals surface area (Å²) in [6.07, 6.45) is 3.40. The minimum atomic E-state index is 0. The molecule has 11 heavy (non-hydrogen) atoms. The lowest BCUT2D eigenvalue weighted by molar-refractivity contribution is 0.295. The monoisotopic (exact) mass is 182 g/mol. The zero-order valence-electron chi connectivity index (χ0n) is 6.43. The van der Waals surface area contributed by atoms with Crippen molar-refractivity contribution in [3.8, 4) is 0 Å². The molecular weight excluding hydrogens is 156 g/mol. The molecule has 0 spiro atoms. The van der Waals surface area contributed by atoms with Gasteiger partial charge in [-0.05, 0) is 18.6 Å². The largest absolute Gasteiger partial charge is 0.396 e. The van der Waals surface area contributed by atoms with Crippen LogP contribution in [-0.4, -0.2) is 17.5 Å². The van der Waals surface area contributed by atoms with E-state index in [1.807, 2.05) is 6.92 Å². The van der Waals surface area contributed by atoms with Crippen molar-refractivity contribution in [2.45, 2.75) is 48.0 Å². The summed E-state index contributed by atoms with van der Waals surface area (Å²) in [7, 11) is 0. The van der Waals surface area contributed by atoms with Gasteiger partial charge < -0.3 is 5.11 Å². The molecule has 0 radical (unpaired) electrons. The molecule has 1 N–H and O–H groups in total. The van der Waals surface area contributed by atoms with E-state index in [0.29, 0.717) is 6.61 Å². The van der Waals surface area contributed by atoms with Gasteiger partial charge in [0.2, 0.25) is 0 Å². The Morgan fingerprint density at radius 3 is 1.45 bits per heavy atom. The van der Waals surface area contributed by atoms with Gasteiger partial charge in [0.15, 0.2) is 0 Å². The molecule has 0 aromatic rings. The molecule has 1 nitrogen and oxygen atoms in total. The minimum absolute atomic E-state index is 0. The highest BCUT2D eigenvalue weighted by atomic mass is 32.1. The van der Waals surface area contributed by atoms with Gasteiger partial charge in [0, 0.05) is 6.61 Å². The Morgan fingerprint density at radius 1 is 1.09 bits per heavy atom. The van der Waals surface area contributed by atoms with Crippen LogP contribution in [0.2, 0.25) is 0 Å². The summed E-state index contributed by atoms with van der Waals surface area (Å²) in [5, 5.41) is 7.88. The fourth-order valence-electron chi connectivity index (χ4n) is 0.158. The maximum atomic E-state index is 7.88. The molecule has 0 aromatic heterocycles. The summed E-state index contributed by atoms with van der Waals surface area (Å²) in [5.41, 5.74) is 0. The first-order chi connectivity index (χ1) is 4.33. The molecule has 74 valence electrons. The lowest BCUT2D eigenvalue weighted by Gasteiger charge is -1.78. The van der Waals surface area contributed by atoms with Crippen molar-refractivity contribution in [2.24, 2.45) is 0 Å². The first-order valence-corrected chi connectivity index (χ1v) is 4.18. The first kappa shape index (κ1) is 22.5. The summed E-state index contributed by atoms with van der Waals surface area (Å²) in [6, 6.07) is 0. The molecule has 0 fully saturated rings. The van der Waals surface area contributed by atoms with Crippen LogP contribution in [0.1, 0.15) is 48.0 Å². The zero-order chi connectivity index (χ0) is 7.54. The van der Waals surface area contributed by atoms with E-state index >= 15 is 0 Å². The fraction of sp³-hybridized carbons (Fsp3) is 1.00. The molecule has 0 amide bonds. The SMILES string of the molecule is C.C.CCCCS.CCCO. The standard InChI is InChI=1S/C4H10S.C3H8O.2CH4/c1-2-3-4-5;1-2-3-4;;/h5H,2-4H2,1H3;4H,2-3H2,1H3;2*1H4. The van der Waals surface area contributed by atoms with E-state index in [2.05, 4.69) is 19.6 Å². The summed E-state index contributed by atoms with van der Waals surface area (Å²) in [6.45, 7) is 4.41. The van der Waals surface area contributed by atoms with Crippen LogP contribution in [0.15, 0.2) is 0 Å². The quantitative estimate of drug-likeness (QED) is 0.641. The third-order valence-corrected chi connectivity index (χ3v) is 1.05. The lowest BCUT2D eigenvalue weighted by Crippen LogP contribution is -1.69. The highest BCUT2D eigenvalue weighted by Gasteiger charge is 1.68. The molecule has 0 saturated carbocycles. The number of aliphatic hydroxyl groups excluding tert-OH is 1. The van der Waals surface area contributed by atoms with Crippen LogP contribution in [0.3, 0.4) is 0 Å². The Kier molecular flexibility index (Phi) is 64.8. The van der Waals surface area contributed by atoms with Crippen molar-refractivity contribution < 1.29 is 5.11 Å². The van der Waals surface area contributed by atoms with Crippen molar-refractivity contribution in [2.75, 3.05) is 12.4 Å². The smallest absolute Gasteiger partial charge is 0.0428 e. The van der Waals surface area contributed by atoms with E-state index in [0.717, 1.165) is 12.2 Å². The van der Waals surface area contributed by atoms with Crippen LogP contribution in [0, 0.1) is 0 Å². The fourth-order valence-corrected chi connectivity index (χ4v) is 0.474. The van der Waals surface area contributed by atoms with Crippen molar-refractivity contribution in [3.63, 3.8) is 0 Å². The highest BCUT2D eigenvalue weighted by Crippen LogP contribution is 1.85. The minimum Gasteiger partial charge on any atom is -0.396 e. The maximum absolute atomic E-state index is 7.88. The van der Waals surface area contributed by atoms with E-state index in [1.54, 1.807) is 0 Å². The normalized spacial score (nSPS) is 6.55. The molecule has 0 atom stereocenters. The van der Waals surface area contributed by atoms with E-state index < -0.39 is 0 Å². The van der Waals surface area contributed by atoms with Crippen LogP contribution < -0.4 is 0 Å². The molecule has 0 aliphatic rings. The highest BCUT2D eigenvalue weighted by molar-refractivity contribution is 7.80. The molecule has 0 bridgehead atoms. The van der Waals surface area contributed by atoms with Crippen LogP contribution in [0.4, 0.5) is 0 Å². The molecule has 0 aromatic carbocycles. The molecule has 0 heterocycles. The molecule has 0 unspecified atom stereocenters. The lowest BCUT2D eigenvalue weighted by atomic mass is 10.4. The van der Waals surface area contributed by atoms with E-state index in [9.17, 15) is 0 Å². The second-order valence-electron chi connectivity index (χ2n) is 1.80. The van der Waals surface area contributed by atoms with Gasteiger partial charge in [0.1, 0.15) is 0 Å². The Balaban J connectivity index is -0.0000000383. The summed E-state index contributed by atoms with van der Waals surface area (Å²) in [4.78, 5) is 0. The van der Waals surface area contributed by atoms with Gasteiger partial charge in [0.05, 0.1) is 0 Å². The number of unbranched alkanes of at least 4 members (excludes halogenated alkanes) is 1. The Morgan fingerprint density at radius 2 is 1.45 bits per heavy atom. The summed E-state index contributed by atoms with van der Waals surface area (Å²) in [5.74, 6) is 1.04. The van der Waals surface area contributed by atoms with E-state index in [1.165, 1.54) is 12.8 Å². The van der Waals surface area contributed by atoms with E-state index in [-0.39, 0.29) is 14.9 Å². The topological polar surface area (TPSA) is 20.2 Å². The average molecular weight is 182 g/mol.